The smallest absolute Gasteiger partial charge is 0.225 e. The average Bonchev–Trinajstić information content (AvgIpc) is 2.26. The molecular weight excluding hydrogens is 226 g/mol. The number of hydrogen-bond donors (Lipinski definition) is 0. The summed E-state index contributed by atoms with van der Waals surface area (Å²) in [6.07, 6.45) is 2.92. The van der Waals surface area contributed by atoms with E-state index < -0.39 is 0 Å². The number of nitrogens with zero attached hydrogens (tertiary/aromatic N) is 3. The third-order valence-corrected chi connectivity index (χ3v) is 3.50. The highest BCUT2D eigenvalue weighted by molar-refractivity contribution is 5.94. The van der Waals surface area contributed by atoms with E-state index >= 15 is 0 Å². The first-order chi connectivity index (χ1) is 8.47. The summed E-state index contributed by atoms with van der Waals surface area (Å²) in [4.78, 5) is 22.4. The van der Waals surface area contributed by atoms with Crippen LogP contribution in [0.3, 0.4) is 0 Å². The van der Waals surface area contributed by atoms with E-state index in [1.807, 2.05) is 6.92 Å². The molecule has 98 valence electrons. The minimum atomic E-state index is 0.0273. The van der Waals surface area contributed by atoms with E-state index in [0.717, 1.165) is 24.7 Å². The first-order valence-electron chi connectivity index (χ1n) is 6.57. The van der Waals surface area contributed by atoms with Crippen molar-refractivity contribution in [1.82, 2.24) is 9.97 Å². The van der Waals surface area contributed by atoms with Crippen molar-refractivity contribution in [2.75, 3.05) is 18.0 Å². The lowest BCUT2D eigenvalue weighted by Gasteiger charge is -2.35. The minimum absolute atomic E-state index is 0.0273. The van der Waals surface area contributed by atoms with Gasteiger partial charge in [0, 0.05) is 19.3 Å². The second kappa shape index (κ2) is 5.04. The van der Waals surface area contributed by atoms with Crippen molar-refractivity contribution < 1.29 is 4.79 Å². The normalized spacial score (nSPS) is 24.1. The monoisotopic (exact) mass is 247 g/mol. The number of anilines is 1. The Morgan fingerprint density at radius 2 is 1.94 bits per heavy atom. The number of hydrogen-bond acceptors (Lipinski definition) is 4. The Hall–Kier alpha value is -1.45. The Balaban J connectivity index is 2.23. The Morgan fingerprint density at radius 1 is 1.33 bits per heavy atom. The van der Waals surface area contributed by atoms with Crippen molar-refractivity contribution in [2.24, 2.45) is 11.8 Å². The van der Waals surface area contributed by atoms with Gasteiger partial charge in [0.25, 0.3) is 0 Å². The van der Waals surface area contributed by atoms with Crippen molar-refractivity contribution in [2.45, 2.75) is 34.1 Å². The third-order valence-electron chi connectivity index (χ3n) is 3.50. The molecule has 4 nitrogen and oxygen atoms in total. The molecule has 0 aliphatic carbocycles. The Labute approximate surface area is 108 Å². The fourth-order valence-electron chi connectivity index (χ4n) is 2.78. The van der Waals surface area contributed by atoms with Crippen molar-refractivity contribution >= 4 is 11.7 Å². The lowest BCUT2D eigenvalue weighted by molar-refractivity contribution is 0.101. The molecule has 0 saturated carbocycles. The fourth-order valence-corrected chi connectivity index (χ4v) is 2.78. The van der Waals surface area contributed by atoms with Gasteiger partial charge in [-0.15, -0.1) is 0 Å². The summed E-state index contributed by atoms with van der Waals surface area (Å²) in [5.41, 5.74) is 1.40. The number of aromatic nitrogens is 2. The first kappa shape index (κ1) is 13.0. The minimum Gasteiger partial charge on any atom is -0.340 e. The number of carbonyl (C=O) groups is 1. The van der Waals surface area contributed by atoms with E-state index in [4.69, 9.17) is 0 Å². The first-order valence-corrected chi connectivity index (χ1v) is 6.57. The van der Waals surface area contributed by atoms with Crippen molar-refractivity contribution in [3.63, 3.8) is 0 Å². The van der Waals surface area contributed by atoms with E-state index in [2.05, 4.69) is 28.7 Å². The van der Waals surface area contributed by atoms with Crippen LogP contribution >= 0.6 is 0 Å². The van der Waals surface area contributed by atoms with Crippen LogP contribution in [-0.2, 0) is 0 Å². The van der Waals surface area contributed by atoms with Gasteiger partial charge < -0.3 is 4.90 Å². The summed E-state index contributed by atoms with van der Waals surface area (Å²) >= 11 is 0. The highest BCUT2D eigenvalue weighted by atomic mass is 16.1. The molecule has 1 aromatic heterocycles. The van der Waals surface area contributed by atoms with Crippen molar-refractivity contribution in [3.05, 3.63) is 17.5 Å². The highest BCUT2D eigenvalue weighted by Gasteiger charge is 2.24. The Bertz CT molecular complexity index is 448. The second-order valence-electron chi connectivity index (χ2n) is 5.58. The predicted octanol–water partition coefficient (Wildman–Crippen LogP) is 2.47. The van der Waals surface area contributed by atoms with Crippen molar-refractivity contribution in [1.29, 1.82) is 0 Å². The van der Waals surface area contributed by atoms with Crippen LogP contribution in [-0.4, -0.2) is 28.8 Å². The molecule has 2 heterocycles. The van der Waals surface area contributed by atoms with Crippen LogP contribution in [0.2, 0.25) is 0 Å². The molecule has 0 N–H and O–H groups in total. The number of Topliss-reactive ketones (excluding diaryl/α,β-unsaturated/α-hetero) is 1. The molecule has 1 saturated heterocycles. The molecule has 0 radical (unpaired) electrons. The van der Waals surface area contributed by atoms with E-state index in [9.17, 15) is 4.79 Å². The lowest BCUT2D eigenvalue weighted by atomic mass is 9.92. The standard InChI is InChI=1S/C14H21N3O/c1-9-5-10(2)8-17(7-9)14-15-6-13(12(4)18)11(3)16-14/h6,9-10H,5,7-8H2,1-4H3. The van der Waals surface area contributed by atoms with Crippen LogP contribution in [0.15, 0.2) is 6.20 Å². The zero-order valence-electron chi connectivity index (χ0n) is 11.6. The van der Waals surface area contributed by atoms with Gasteiger partial charge in [0.15, 0.2) is 5.78 Å². The summed E-state index contributed by atoms with van der Waals surface area (Å²) in [5, 5.41) is 0. The molecule has 0 spiro atoms. The zero-order valence-corrected chi connectivity index (χ0v) is 11.6. The van der Waals surface area contributed by atoms with E-state index in [1.54, 1.807) is 13.1 Å². The van der Waals surface area contributed by atoms with E-state index in [1.165, 1.54) is 6.42 Å². The number of ketones is 1. The molecule has 0 aromatic carbocycles. The number of carbonyl (C=O) groups excluding carboxylic acids is 1. The van der Waals surface area contributed by atoms with Gasteiger partial charge >= 0.3 is 0 Å². The third kappa shape index (κ3) is 2.68. The van der Waals surface area contributed by atoms with E-state index in [-0.39, 0.29) is 5.78 Å². The molecule has 2 unspecified atom stereocenters. The summed E-state index contributed by atoms with van der Waals surface area (Å²) in [6.45, 7) is 9.96. The van der Waals surface area contributed by atoms with Crippen molar-refractivity contribution in [3.8, 4) is 0 Å². The Kier molecular flexibility index (Phi) is 3.64. The van der Waals surface area contributed by atoms with Gasteiger partial charge in [-0.2, -0.15) is 0 Å². The SMILES string of the molecule is CC(=O)c1cnc(N2CC(C)CC(C)C2)nc1C. The van der Waals surface area contributed by atoms with Gasteiger partial charge in [0.2, 0.25) is 5.95 Å². The van der Waals surface area contributed by atoms with Crippen LogP contribution in [0.5, 0.6) is 0 Å². The van der Waals surface area contributed by atoms with Gasteiger partial charge in [-0.05, 0) is 32.1 Å². The molecule has 1 fully saturated rings. The number of piperidine rings is 1. The van der Waals surface area contributed by atoms with Crippen LogP contribution in [0.25, 0.3) is 0 Å². The van der Waals surface area contributed by atoms with Gasteiger partial charge in [-0.3, -0.25) is 4.79 Å². The molecule has 1 aliphatic rings. The fraction of sp³-hybridized carbons (Fsp3) is 0.643. The quantitative estimate of drug-likeness (QED) is 0.753. The summed E-state index contributed by atoms with van der Waals surface area (Å²) < 4.78 is 0. The number of rotatable bonds is 2. The predicted molar refractivity (Wildman–Crippen MR) is 71.9 cm³/mol. The molecule has 2 rings (SSSR count). The van der Waals surface area contributed by atoms with Gasteiger partial charge in [0.05, 0.1) is 11.3 Å². The van der Waals surface area contributed by atoms with E-state index in [0.29, 0.717) is 17.4 Å². The van der Waals surface area contributed by atoms with Gasteiger partial charge in [-0.1, -0.05) is 13.8 Å². The summed E-state index contributed by atoms with van der Waals surface area (Å²) in [7, 11) is 0. The van der Waals surface area contributed by atoms with Gasteiger partial charge in [0.1, 0.15) is 0 Å². The summed E-state index contributed by atoms with van der Waals surface area (Å²) in [5.74, 6) is 2.13. The molecule has 1 aromatic rings. The highest BCUT2D eigenvalue weighted by Crippen LogP contribution is 2.24. The zero-order chi connectivity index (χ0) is 13.3. The summed E-state index contributed by atoms with van der Waals surface area (Å²) in [6, 6.07) is 0. The molecule has 1 aliphatic heterocycles. The maximum Gasteiger partial charge on any atom is 0.225 e. The van der Waals surface area contributed by atoms with Crippen LogP contribution in [0.4, 0.5) is 5.95 Å². The largest absolute Gasteiger partial charge is 0.340 e. The maximum atomic E-state index is 11.4. The molecule has 0 amide bonds. The maximum absolute atomic E-state index is 11.4. The second-order valence-corrected chi connectivity index (χ2v) is 5.58. The topological polar surface area (TPSA) is 46.1 Å². The molecular formula is C14H21N3O. The lowest BCUT2D eigenvalue weighted by Crippen LogP contribution is -2.39. The Morgan fingerprint density at radius 3 is 2.44 bits per heavy atom. The molecule has 18 heavy (non-hydrogen) atoms. The van der Waals surface area contributed by atoms with Crippen LogP contribution in [0, 0.1) is 18.8 Å². The molecule has 0 bridgehead atoms. The van der Waals surface area contributed by atoms with Crippen LogP contribution < -0.4 is 4.90 Å². The van der Waals surface area contributed by atoms with Crippen LogP contribution in [0.1, 0.15) is 43.2 Å². The molecule has 2 atom stereocenters. The molecule has 4 heteroatoms. The average molecular weight is 247 g/mol. The van der Waals surface area contributed by atoms with Gasteiger partial charge in [-0.25, -0.2) is 9.97 Å². The number of aryl methyl sites for hydroxylation is 1.